The Hall–Kier alpha value is -1.84. The fourth-order valence-corrected chi connectivity index (χ4v) is 3.43. The van der Waals surface area contributed by atoms with Gasteiger partial charge in [0.15, 0.2) is 0 Å². The third kappa shape index (κ3) is 2.80. The Labute approximate surface area is 124 Å². The summed E-state index contributed by atoms with van der Waals surface area (Å²) < 4.78 is 0. The first-order valence-corrected chi connectivity index (χ1v) is 7.65. The summed E-state index contributed by atoms with van der Waals surface area (Å²) in [6, 6.07) is 8.21. The normalized spacial score (nSPS) is 28.2. The van der Waals surface area contributed by atoms with E-state index in [4.69, 9.17) is 5.11 Å². The molecule has 1 aromatic rings. The highest BCUT2D eigenvalue weighted by molar-refractivity contribution is 5.84. The van der Waals surface area contributed by atoms with Crippen LogP contribution in [0, 0.1) is 18.8 Å². The summed E-state index contributed by atoms with van der Waals surface area (Å²) in [4.78, 5) is 25.4. The van der Waals surface area contributed by atoms with Crippen LogP contribution in [-0.2, 0) is 9.59 Å². The first-order chi connectivity index (χ1) is 10.1. The number of carbonyl (C=O) groups excluding carboxylic acids is 1. The van der Waals surface area contributed by atoms with Gasteiger partial charge in [0.05, 0.1) is 5.92 Å². The lowest BCUT2D eigenvalue weighted by molar-refractivity contribution is -0.146. The standard InChI is InChI=1S/C17H21NO3/c1-11-5-2-3-7-13(11)14-9-15(14)16(19)18-8-4-6-12(10-18)17(20)21/h2-3,5,7,12,14-15H,4,6,8-10H2,1H3,(H,20,21)/t12-,14-,15-/m1/s1. The predicted molar refractivity (Wildman–Crippen MR) is 79.0 cm³/mol. The molecule has 0 unspecified atom stereocenters. The number of hydrogen-bond donors (Lipinski definition) is 1. The maximum absolute atomic E-state index is 12.6. The van der Waals surface area contributed by atoms with Gasteiger partial charge in [-0.05, 0) is 43.2 Å². The van der Waals surface area contributed by atoms with E-state index in [9.17, 15) is 9.59 Å². The van der Waals surface area contributed by atoms with Crippen LogP contribution < -0.4 is 0 Å². The lowest BCUT2D eigenvalue weighted by Crippen LogP contribution is -2.43. The van der Waals surface area contributed by atoms with Gasteiger partial charge in [-0.2, -0.15) is 0 Å². The topological polar surface area (TPSA) is 57.6 Å². The van der Waals surface area contributed by atoms with Crippen LogP contribution in [0.15, 0.2) is 24.3 Å². The molecule has 1 aliphatic carbocycles. The van der Waals surface area contributed by atoms with Gasteiger partial charge in [-0.15, -0.1) is 0 Å². The van der Waals surface area contributed by atoms with E-state index in [0.29, 0.717) is 25.4 Å². The number of aliphatic carboxylic acids is 1. The molecular formula is C17H21NO3. The zero-order valence-corrected chi connectivity index (χ0v) is 12.3. The first-order valence-electron chi connectivity index (χ1n) is 7.65. The molecule has 4 nitrogen and oxygen atoms in total. The molecular weight excluding hydrogens is 266 g/mol. The third-order valence-corrected chi connectivity index (χ3v) is 4.78. The molecule has 3 rings (SSSR count). The summed E-state index contributed by atoms with van der Waals surface area (Å²) in [5, 5.41) is 9.12. The van der Waals surface area contributed by atoms with Gasteiger partial charge in [0.2, 0.25) is 5.91 Å². The highest BCUT2D eigenvalue weighted by atomic mass is 16.4. The van der Waals surface area contributed by atoms with Crippen molar-refractivity contribution < 1.29 is 14.7 Å². The molecule has 21 heavy (non-hydrogen) atoms. The summed E-state index contributed by atoms with van der Waals surface area (Å²) in [7, 11) is 0. The number of nitrogens with zero attached hydrogens (tertiary/aromatic N) is 1. The minimum absolute atomic E-state index is 0.0543. The van der Waals surface area contributed by atoms with E-state index in [-0.39, 0.29) is 11.8 Å². The van der Waals surface area contributed by atoms with Gasteiger partial charge in [0.1, 0.15) is 0 Å². The second kappa shape index (κ2) is 5.51. The van der Waals surface area contributed by atoms with Gasteiger partial charge in [-0.25, -0.2) is 0 Å². The van der Waals surface area contributed by atoms with Crippen molar-refractivity contribution in [3.05, 3.63) is 35.4 Å². The summed E-state index contributed by atoms with van der Waals surface area (Å²) in [6.07, 6.45) is 2.38. The van der Waals surface area contributed by atoms with Crippen molar-refractivity contribution in [2.45, 2.75) is 32.1 Å². The Balaban J connectivity index is 1.65. The van der Waals surface area contributed by atoms with Crippen molar-refractivity contribution in [3.8, 4) is 0 Å². The van der Waals surface area contributed by atoms with Gasteiger partial charge >= 0.3 is 5.97 Å². The predicted octanol–water partition coefficient (Wildman–Crippen LogP) is 2.42. The minimum Gasteiger partial charge on any atom is -0.481 e. The molecule has 112 valence electrons. The molecule has 0 radical (unpaired) electrons. The molecule has 2 fully saturated rings. The maximum Gasteiger partial charge on any atom is 0.308 e. The van der Waals surface area contributed by atoms with Crippen molar-refractivity contribution in [1.82, 2.24) is 4.90 Å². The number of carbonyl (C=O) groups is 2. The Morgan fingerprint density at radius 1 is 1.29 bits per heavy atom. The van der Waals surface area contributed by atoms with E-state index >= 15 is 0 Å². The van der Waals surface area contributed by atoms with Crippen LogP contribution in [0.5, 0.6) is 0 Å². The number of carboxylic acid groups (broad SMARTS) is 1. The van der Waals surface area contributed by atoms with Crippen LogP contribution in [0.25, 0.3) is 0 Å². The van der Waals surface area contributed by atoms with Gasteiger partial charge in [-0.1, -0.05) is 24.3 Å². The lowest BCUT2D eigenvalue weighted by Gasteiger charge is -2.31. The maximum atomic E-state index is 12.6. The molecule has 1 heterocycles. The quantitative estimate of drug-likeness (QED) is 0.929. The summed E-state index contributed by atoms with van der Waals surface area (Å²) >= 11 is 0. The van der Waals surface area contributed by atoms with E-state index in [0.717, 1.165) is 12.8 Å². The second-order valence-electron chi connectivity index (χ2n) is 6.27. The van der Waals surface area contributed by atoms with E-state index in [1.807, 2.05) is 12.1 Å². The summed E-state index contributed by atoms with van der Waals surface area (Å²) in [5.74, 6) is -0.645. The number of aryl methyl sites for hydroxylation is 1. The molecule has 0 spiro atoms. The molecule has 1 saturated carbocycles. The van der Waals surface area contributed by atoms with Crippen molar-refractivity contribution in [1.29, 1.82) is 0 Å². The average molecular weight is 287 g/mol. The molecule has 0 bridgehead atoms. The van der Waals surface area contributed by atoms with E-state index in [1.165, 1.54) is 11.1 Å². The highest BCUT2D eigenvalue weighted by Gasteiger charge is 2.47. The number of rotatable bonds is 3. The third-order valence-electron chi connectivity index (χ3n) is 4.78. The van der Waals surface area contributed by atoms with Crippen LogP contribution >= 0.6 is 0 Å². The first kappa shape index (κ1) is 14.1. The summed E-state index contributed by atoms with van der Waals surface area (Å²) in [6.45, 7) is 3.17. The van der Waals surface area contributed by atoms with Crippen molar-refractivity contribution in [2.75, 3.05) is 13.1 Å². The van der Waals surface area contributed by atoms with E-state index in [2.05, 4.69) is 19.1 Å². The Kier molecular flexibility index (Phi) is 3.70. The fourth-order valence-electron chi connectivity index (χ4n) is 3.43. The molecule has 1 amide bonds. The molecule has 1 aliphatic heterocycles. The minimum atomic E-state index is -0.779. The summed E-state index contributed by atoms with van der Waals surface area (Å²) in [5.41, 5.74) is 2.50. The Morgan fingerprint density at radius 2 is 2.05 bits per heavy atom. The van der Waals surface area contributed by atoms with Crippen molar-refractivity contribution in [3.63, 3.8) is 0 Å². The molecule has 3 atom stereocenters. The number of hydrogen-bond acceptors (Lipinski definition) is 2. The number of piperidine rings is 1. The molecule has 2 aliphatic rings. The van der Waals surface area contributed by atoms with Crippen LogP contribution in [-0.4, -0.2) is 35.0 Å². The van der Waals surface area contributed by atoms with Gasteiger partial charge in [0, 0.05) is 19.0 Å². The Bertz CT molecular complexity index is 569. The Morgan fingerprint density at radius 3 is 2.76 bits per heavy atom. The lowest BCUT2D eigenvalue weighted by atomic mass is 9.97. The smallest absolute Gasteiger partial charge is 0.308 e. The largest absolute Gasteiger partial charge is 0.481 e. The van der Waals surface area contributed by atoms with Crippen LogP contribution in [0.1, 0.15) is 36.3 Å². The van der Waals surface area contributed by atoms with Gasteiger partial charge < -0.3 is 10.0 Å². The molecule has 1 N–H and O–H groups in total. The van der Waals surface area contributed by atoms with Crippen molar-refractivity contribution >= 4 is 11.9 Å². The average Bonchev–Trinajstić information content (AvgIpc) is 3.27. The zero-order chi connectivity index (χ0) is 15.0. The molecule has 1 saturated heterocycles. The molecule has 1 aromatic carbocycles. The molecule has 4 heteroatoms. The fraction of sp³-hybridized carbons (Fsp3) is 0.529. The SMILES string of the molecule is Cc1ccccc1[C@H]1C[C@H]1C(=O)N1CCC[C@@H](C(=O)O)C1. The van der Waals surface area contributed by atoms with Gasteiger partial charge in [-0.3, -0.25) is 9.59 Å². The van der Waals surface area contributed by atoms with E-state index in [1.54, 1.807) is 4.90 Å². The number of benzene rings is 1. The number of likely N-dealkylation sites (tertiary alicyclic amines) is 1. The van der Waals surface area contributed by atoms with Crippen LogP contribution in [0.4, 0.5) is 0 Å². The molecule has 0 aromatic heterocycles. The van der Waals surface area contributed by atoms with Crippen LogP contribution in [0.3, 0.4) is 0 Å². The number of amides is 1. The monoisotopic (exact) mass is 287 g/mol. The highest BCUT2D eigenvalue weighted by Crippen LogP contribution is 2.49. The number of carboxylic acids is 1. The van der Waals surface area contributed by atoms with Crippen molar-refractivity contribution in [2.24, 2.45) is 11.8 Å². The van der Waals surface area contributed by atoms with E-state index < -0.39 is 11.9 Å². The second-order valence-corrected chi connectivity index (χ2v) is 6.27. The van der Waals surface area contributed by atoms with Gasteiger partial charge in [0.25, 0.3) is 0 Å². The van der Waals surface area contributed by atoms with Crippen LogP contribution in [0.2, 0.25) is 0 Å². The zero-order valence-electron chi connectivity index (χ0n) is 12.3.